The number of para-hydroxylation sites is 4. The average Bonchev–Trinajstić information content (AvgIpc) is 2.73. The van der Waals surface area contributed by atoms with Crippen molar-refractivity contribution in [1.29, 1.82) is 0 Å². The fourth-order valence-corrected chi connectivity index (χ4v) is 3.05. The van der Waals surface area contributed by atoms with Crippen molar-refractivity contribution in [2.45, 2.75) is 0 Å². The van der Waals surface area contributed by atoms with Crippen molar-refractivity contribution in [2.75, 3.05) is 0 Å². The molecule has 0 saturated carbocycles. The normalized spacial score (nSPS) is 11.1. The summed E-state index contributed by atoms with van der Waals surface area (Å²) in [4.78, 5) is 19.1. The van der Waals surface area contributed by atoms with E-state index in [1.807, 2.05) is 78.9 Å². The lowest BCUT2D eigenvalue weighted by Gasteiger charge is -2.10. The van der Waals surface area contributed by atoms with Gasteiger partial charge in [0.1, 0.15) is 11.4 Å². The Hall–Kier alpha value is -3.66. The van der Waals surface area contributed by atoms with E-state index in [-0.39, 0.29) is 0 Å². The van der Waals surface area contributed by atoms with Crippen molar-refractivity contribution in [2.24, 2.45) is 0 Å². The summed E-state index contributed by atoms with van der Waals surface area (Å²) in [5.74, 6) is 0. The quantitative estimate of drug-likeness (QED) is 0.460. The Morgan fingerprint density at radius 2 is 1.00 bits per heavy atom. The van der Waals surface area contributed by atoms with E-state index in [9.17, 15) is 0 Å². The number of hydrogen-bond acceptors (Lipinski definition) is 4. The minimum absolute atomic E-state index is 0.723. The highest BCUT2D eigenvalue weighted by Crippen LogP contribution is 2.30. The molecule has 2 aromatic heterocycles. The van der Waals surface area contributed by atoms with Crippen molar-refractivity contribution >= 4 is 22.1 Å². The van der Waals surface area contributed by atoms with Gasteiger partial charge in [0, 0.05) is 5.56 Å². The van der Waals surface area contributed by atoms with E-state index < -0.39 is 0 Å². The zero-order valence-electron chi connectivity index (χ0n) is 13.9. The zero-order chi connectivity index (χ0) is 17.3. The first kappa shape index (κ1) is 14.7. The number of hydrogen-bond donors (Lipinski definition) is 0. The van der Waals surface area contributed by atoms with Crippen LogP contribution in [0, 0.1) is 0 Å². The van der Waals surface area contributed by atoms with Crippen LogP contribution in [0.4, 0.5) is 0 Å². The summed E-state index contributed by atoms with van der Waals surface area (Å²) in [6, 6.07) is 25.8. The minimum atomic E-state index is 0.723. The first-order valence-electron chi connectivity index (χ1n) is 8.43. The zero-order valence-corrected chi connectivity index (χ0v) is 13.9. The van der Waals surface area contributed by atoms with Crippen LogP contribution in [-0.4, -0.2) is 19.9 Å². The monoisotopic (exact) mass is 334 g/mol. The highest BCUT2D eigenvalue weighted by atomic mass is 14.9. The van der Waals surface area contributed by atoms with E-state index in [1.165, 1.54) is 0 Å². The molecule has 0 aliphatic carbocycles. The number of fused-ring (bicyclic) bond motifs is 2. The highest BCUT2D eigenvalue weighted by Gasteiger charge is 2.15. The van der Waals surface area contributed by atoms with Gasteiger partial charge in [-0.1, -0.05) is 54.6 Å². The molecule has 0 radical (unpaired) electrons. The van der Waals surface area contributed by atoms with Gasteiger partial charge < -0.3 is 0 Å². The van der Waals surface area contributed by atoms with Crippen molar-refractivity contribution in [3.05, 3.63) is 85.1 Å². The molecule has 2 heterocycles. The SMILES string of the molecule is c1ccc(-c2nc3ccccc3nc2-c2cnc3ccccc3n2)cc1. The van der Waals surface area contributed by atoms with Gasteiger partial charge >= 0.3 is 0 Å². The van der Waals surface area contributed by atoms with Crippen molar-refractivity contribution in [3.63, 3.8) is 0 Å². The number of benzene rings is 3. The Balaban J connectivity index is 1.81. The van der Waals surface area contributed by atoms with Gasteiger partial charge in [0.05, 0.1) is 34.0 Å². The van der Waals surface area contributed by atoms with Gasteiger partial charge in [-0.3, -0.25) is 4.98 Å². The van der Waals surface area contributed by atoms with Gasteiger partial charge in [0.25, 0.3) is 0 Å². The maximum absolute atomic E-state index is 4.87. The summed E-state index contributed by atoms with van der Waals surface area (Å²) in [5.41, 5.74) is 6.71. The molecule has 0 N–H and O–H groups in total. The molecule has 3 aromatic carbocycles. The largest absolute Gasteiger partial charge is 0.252 e. The number of nitrogens with zero attached hydrogens (tertiary/aromatic N) is 4. The minimum Gasteiger partial charge on any atom is -0.252 e. The van der Waals surface area contributed by atoms with Crippen molar-refractivity contribution < 1.29 is 0 Å². The molecule has 0 amide bonds. The third-order valence-electron chi connectivity index (χ3n) is 4.31. The lowest BCUT2D eigenvalue weighted by molar-refractivity contribution is 1.22. The van der Waals surface area contributed by atoms with E-state index in [1.54, 1.807) is 6.20 Å². The fourth-order valence-electron chi connectivity index (χ4n) is 3.05. The smallest absolute Gasteiger partial charge is 0.117 e. The standard InChI is InChI=1S/C22H14N4/c1-2-8-15(9-3-1)21-22(26-19-13-7-6-12-18(19)25-21)20-14-23-16-10-4-5-11-17(16)24-20/h1-14H. The first-order chi connectivity index (χ1) is 12.9. The molecule has 4 heteroatoms. The van der Waals surface area contributed by atoms with Gasteiger partial charge in [-0.05, 0) is 24.3 Å². The number of rotatable bonds is 2. The molecule has 0 saturated heterocycles. The third-order valence-corrected chi connectivity index (χ3v) is 4.31. The molecular weight excluding hydrogens is 320 g/mol. The third kappa shape index (κ3) is 2.48. The van der Waals surface area contributed by atoms with E-state index in [2.05, 4.69) is 4.98 Å². The van der Waals surface area contributed by atoms with Crippen LogP contribution in [0.15, 0.2) is 85.1 Å². The fraction of sp³-hybridized carbons (Fsp3) is 0. The molecule has 5 aromatic rings. The second-order valence-electron chi connectivity index (χ2n) is 6.02. The molecule has 0 aliphatic heterocycles. The molecule has 0 fully saturated rings. The van der Waals surface area contributed by atoms with E-state index >= 15 is 0 Å². The molecule has 0 aliphatic rings. The molecule has 122 valence electrons. The molecule has 4 nitrogen and oxygen atoms in total. The van der Waals surface area contributed by atoms with Gasteiger partial charge in [0.2, 0.25) is 0 Å². The Morgan fingerprint density at radius 1 is 0.462 bits per heavy atom. The summed E-state index contributed by atoms with van der Waals surface area (Å²) in [5, 5.41) is 0. The second kappa shape index (κ2) is 6.01. The van der Waals surface area contributed by atoms with Gasteiger partial charge in [-0.2, -0.15) is 0 Å². The Kier molecular flexibility index (Phi) is 3.39. The lowest BCUT2D eigenvalue weighted by atomic mass is 10.1. The summed E-state index contributed by atoms with van der Waals surface area (Å²) in [6.45, 7) is 0. The molecule has 5 rings (SSSR count). The Morgan fingerprint density at radius 3 is 1.69 bits per heavy atom. The first-order valence-corrected chi connectivity index (χ1v) is 8.43. The Labute approximate surface area is 150 Å². The summed E-state index contributed by atoms with van der Waals surface area (Å²) < 4.78 is 0. The van der Waals surface area contributed by atoms with Crippen LogP contribution in [0.2, 0.25) is 0 Å². The van der Waals surface area contributed by atoms with Crippen LogP contribution in [0.5, 0.6) is 0 Å². The number of aromatic nitrogens is 4. The molecule has 26 heavy (non-hydrogen) atoms. The van der Waals surface area contributed by atoms with Crippen molar-refractivity contribution in [3.8, 4) is 22.6 Å². The van der Waals surface area contributed by atoms with Crippen LogP contribution in [-0.2, 0) is 0 Å². The lowest BCUT2D eigenvalue weighted by Crippen LogP contribution is -1.98. The average molecular weight is 334 g/mol. The van der Waals surface area contributed by atoms with Crippen LogP contribution in [0.25, 0.3) is 44.7 Å². The summed E-state index contributed by atoms with van der Waals surface area (Å²) >= 11 is 0. The van der Waals surface area contributed by atoms with Gasteiger partial charge in [-0.25, -0.2) is 15.0 Å². The van der Waals surface area contributed by atoms with Gasteiger partial charge in [-0.15, -0.1) is 0 Å². The molecule has 0 unspecified atom stereocenters. The maximum Gasteiger partial charge on any atom is 0.117 e. The molecule has 0 bridgehead atoms. The molecule has 0 atom stereocenters. The molecule has 0 spiro atoms. The van der Waals surface area contributed by atoms with Crippen LogP contribution >= 0.6 is 0 Å². The molecular formula is C22H14N4. The highest BCUT2D eigenvalue weighted by molar-refractivity contribution is 5.86. The van der Waals surface area contributed by atoms with E-state index in [0.29, 0.717) is 0 Å². The van der Waals surface area contributed by atoms with Gasteiger partial charge in [0.15, 0.2) is 0 Å². The summed E-state index contributed by atoms with van der Waals surface area (Å²) in [6.07, 6.45) is 1.77. The van der Waals surface area contributed by atoms with E-state index in [0.717, 1.165) is 44.7 Å². The second-order valence-corrected chi connectivity index (χ2v) is 6.02. The van der Waals surface area contributed by atoms with Crippen LogP contribution in [0.3, 0.4) is 0 Å². The predicted octanol–water partition coefficient (Wildman–Crippen LogP) is 4.91. The maximum atomic E-state index is 4.87. The predicted molar refractivity (Wildman–Crippen MR) is 104 cm³/mol. The van der Waals surface area contributed by atoms with Crippen LogP contribution < -0.4 is 0 Å². The Bertz CT molecular complexity index is 1230. The van der Waals surface area contributed by atoms with E-state index in [4.69, 9.17) is 15.0 Å². The van der Waals surface area contributed by atoms with Crippen LogP contribution in [0.1, 0.15) is 0 Å². The topological polar surface area (TPSA) is 51.6 Å². The van der Waals surface area contributed by atoms with Crippen molar-refractivity contribution in [1.82, 2.24) is 19.9 Å². The summed E-state index contributed by atoms with van der Waals surface area (Å²) in [7, 11) is 0.